The molecule has 1 aromatic rings. The molecule has 116 valence electrons. The van der Waals surface area contributed by atoms with Crippen LogP contribution in [-0.2, 0) is 17.6 Å². The van der Waals surface area contributed by atoms with Crippen LogP contribution in [0.1, 0.15) is 43.7 Å². The number of amides is 1. The van der Waals surface area contributed by atoms with E-state index in [1.165, 1.54) is 29.8 Å². The Kier molecular flexibility index (Phi) is 4.60. The summed E-state index contributed by atoms with van der Waals surface area (Å²) in [6, 6.07) is 0. The molecule has 2 heterocycles. The molecule has 0 saturated carbocycles. The van der Waals surface area contributed by atoms with Gasteiger partial charge >= 0.3 is 0 Å². The topological polar surface area (TPSA) is 45.2 Å². The zero-order chi connectivity index (χ0) is 14.8. The van der Waals surface area contributed by atoms with Crippen LogP contribution in [0.15, 0.2) is 0 Å². The normalized spacial score (nSPS) is 23.8. The quantitative estimate of drug-likeness (QED) is 0.934. The van der Waals surface area contributed by atoms with Crippen LogP contribution in [0.25, 0.3) is 0 Å². The van der Waals surface area contributed by atoms with Gasteiger partial charge in [0.25, 0.3) is 0 Å². The van der Waals surface area contributed by atoms with E-state index < -0.39 is 0 Å². The predicted octanol–water partition coefficient (Wildman–Crippen LogP) is 2.94. The second-order valence-electron chi connectivity index (χ2n) is 6.74. The molecule has 0 bridgehead atoms. The van der Waals surface area contributed by atoms with Crippen LogP contribution in [0.4, 0.5) is 5.13 Å². The number of hydrogen-bond acceptors (Lipinski definition) is 4. The average Bonchev–Trinajstić information content (AvgIpc) is 2.82. The summed E-state index contributed by atoms with van der Waals surface area (Å²) in [5, 5.41) is 3.80. The Balaban J connectivity index is 1.53. The molecule has 1 amide bonds. The molecule has 1 N–H and O–H groups in total. The molecule has 1 fully saturated rings. The van der Waals surface area contributed by atoms with E-state index in [0.29, 0.717) is 6.54 Å². The van der Waals surface area contributed by atoms with Gasteiger partial charge in [0.1, 0.15) is 0 Å². The maximum atomic E-state index is 12.2. The van der Waals surface area contributed by atoms with Gasteiger partial charge in [0, 0.05) is 4.88 Å². The zero-order valence-electron chi connectivity index (χ0n) is 13.0. The Labute approximate surface area is 130 Å². The Morgan fingerprint density at radius 3 is 2.81 bits per heavy atom. The highest BCUT2D eigenvalue weighted by molar-refractivity contribution is 7.15. The number of nitrogens with one attached hydrogen (secondary N) is 1. The second-order valence-corrected chi connectivity index (χ2v) is 7.83. The number of carbonyl (C=O) groups is 1. The van der Waals surface area contributed by atoms with Gasteiger partial charge in [-0.25, -0.2) is 4.98 Å². The van der Waals surface area contributed by atoms with Crippen LogP contribution < -0.4 is 5.32 Å². The van der Waals surface area contributed by atoms with E-state index in [1.807, 2.05) is 0 Å². The minimum Gasteiger partial charge on any atom is -0.301 e. The first-order chi connectivity index (χ1) is 10.1. The number of likely N-dealkylation sites (tertiary alicyclic amines) is 1. The molecule has 0 radical (unpaired) electrons. The van der Waals surface area contributed by atoms with Crippen LogP contribution in [-0.4, -0.2) is 35.4 Å². The van der Waals surface area contributed by atoms with Crippen molar-refractivity contribution in [1.29, 1.82) is 0 Å². The van der Waals surface area contributed by atoms with Crippen molar-refractivity contribution < 1.29 is 4.79 Å². The number of thiazole rings is 1. The third kappa shape index (κ3) is 3.83. The third-order valence-electron chi connectivity index (χ3n) is 4.68. The molecule has 5 heteroatoms. The van der Waals surface area contributed by atoms with Gasteiger partial charge < -0.3 is 5.32 Å². The third-order valence-corrected chi connectivity index (χ3v) is 5.71. The van der Waals surface area contributed by atoms with Crippen molar-refractivity contribution >= 4 is 22.4 Å². The van der Waals surface area contributed by atoms with Gasteiger partial charge in [0.05, 0.1) is 12.2 Å². The second kappa shape index (κ2) is 6.44. The molecule has 1 saturated heterocycles. The fraction of sp³-hybridized carbons (Fsp3) is 0.750. The van der Waals surface area contributed by atoms with Gasteiger partial charge in [-0.05, 0) is 57.0 Å². The molecule has 1 unspecified atom stereocenters. The fourth-order valence-electron chi connectivity index (χ4n) is 3.18. The summed E-state index contributed by atoms with van der Waals surface area (Å²) in [5.74, 6) is 1.64. The van der Waals surface area contributed by atoms with E-state index in [9.17, 15) is 4.79 Å². The number of nitrogens with zero attached hydrogens (tertiary/aromatic N) is 2. The van der Waals surface area contributed by atoms with Crippen molar-refractivity contribution in [3.05, 3.63) is 10.6 Å². The highest BCUT2D eigenvalue weighted by atomic mass is 32.1. The molecule has 0 spiro atoms. The van der Waals surface area contributed by atoms with E-state index in [1.54, 1.807) is 11.3 Å². The summed E-state index contributed by atoms with van der Waals surface area (Å²) in [4.78, 5) is 20.4. The summed E-state index contributed by atoms with van der Waals surface area (Å²) in [5.41, 5.74) is 1.21. The van der Waals surface area contributed by atoms with Crippen molar-refractivity contribution in [1.82, 2.24) is 9.88 Å². The van der Waals surface area contributed by atoms with Crippen LogP contribution in [0.5, 0.6) is 0 Å². The first-order valence-electron chi connectivity index (χ1n) is 8.11. The predicted molar refractivity (Wildman–Crippen MR) is 86.8 cm³/mol. The number of hydrogen-bond donors (Lipinski definition) is 1. The first-order valence-corrected chi connectivity index (χ1v) is 8.92. The number of aromatic nitrogens is 1. The van der Waals surface area contributed by atoms with Crippen LogP contribution in [0, 0.1) is 11.8 Å². The van der Waals surface area contributed by atoms with Gasteiger partial charge in [-0.15, -0.1) is 11.3 Å². The van der Waals surface area contributed by atoms with Crippen LogP contribution in [0.3, 0.4) is 0 Å². The number of carbonyl (C=O) groups excluding carboxylic acids is 1. The number of aryl methyl sites for hydroxylation is 1. The van der Waals surface area contributed by atoms with Gasteiger partial charge in [0.15, 0.2) is 5.13 Å². The van der Waals surface area contributed by atoms with Gasteiger partial charge in [-0.2, -0.15) is 0 Å². The van der Waals surface area contributed by atoms with E-state index in [-0.39, 0.29) is 5.91 Å². The fourth-order valence-corrected chi connectivity index (χ4v) is 4.36. The van der Waals surface area contributed by atoms with Crippen LogP contribution >= 0.6 is 11.3 Å². The van der Waals surface area contributed by atoms with Gasteiger partial charge in [-0.1, -0.05) is 13.8 Å². The van der Waals surface area contributed by atoms with Gasteiger partial charge in [0.2, 0.25) is 5.91 Å². The molecular formula is C16H25N3OS. The van der Waals surface area contributed by atoms with E-state index in [0.717, 1.165) is 42.9 Å². The summed E-state index contributed by atoms with van der Waals surface area (Å²) >= 11 is 1.67. The van der Waals surface area contributed by atoms with Gasteiger partial charge in [-0.3, -0.25) is 9.69 Å². The lowest BCUT2D eigenvalue weighted by molar-refractivity contribution is -0.117. The Morgan fingerprint density at radius 1 is 1.29 bits per heavy atom. The Hall–Kier alpha value is -0.940. The summed E-state index contributed by atoms with van der Waals surface area (Å²) in [6.07, 6.45) is 5.81. The molecular weight excluding hydrogens is 282 g/mol. The molecule has 3 rings (SSSR count). The Morgan fingerprint density at radius 2 is 2.05 bits per heavy atom. The van der Waals surface area contributed by atoms with Crippen molar-refractivity contribution in [3.8, 4) is 0 Å². The number of fused-ring (bicyclic) bond motifs is 1. The zero-order valence-corrected chi connectivity index (χ0v) is 13.8. The monoisotopic (exact) mass is 307 g/mol. The van der Waals surface area contributed by atoms with E-state index in [4.69, 9.17) is 0 Å². The number of anilines is 1. The molecule has 2 aliphatic rings. The maximum Gasteiger partial charge on any atom is 0.240 e. The lowest BCUT2D eigenvalue weighted by Gasteiger charge is -2.29. The molecule has 21 heavy (non-hydrogen) atoms. The minimum atomic E-state index is 0.0868. The van der Waals surface area contributed by atoms with E-state index in [2.05, 4.69) is 29.0 Å². The molecule has 4 nitrogen and oxygen atoms in total. The van der Waals surface area contributed by atoms with Crippen molar-refractivity contribution in [2.24, 2.45) is 11.8 Å². The van der Waals surface area contributed by atoms with Crippen LogP contribution in [0.2, 0.25) is 0 Å². The summed E-state index contributed by atoms with van der Waals surface area (Å²) in [6.45, 7) is 7.17. The highest BCUT2D eigenvalue weighted by Gasteiger charge is 2.22. The number of piperidine rings is 1. The molecule has 1 aliphatic carbocycles. The summed E-state index contributed by atoms with van der Waals surface area (Å²) in [7, 11) is 0. The van der Waals surface area contributed by atoms with E-state index >= 15 is 0 Å². The lowest BCUT2D eigenvalue weighted by atomic mass is 9.93. The molecule has 0 aromatic carbocycles. The van der Waals surface area contributed by atoms with Crippen molar-refractivity contribution in [3.63, 3.8) is 0 Å². The number of rotatable bonds is 3. The first kappa shape index (κ1) is 15.0. The highest BCUT2D eigenvalue weighted by Crippen LogP contribution is 2.32. The minimum absolute atomic E-state index is 0.0868. The standard InChI is InChI=1S/C16H25N3OS/c1-11-5-7-19(8-6-11)10-15(20)18-16-17-13-4-3-12(2)9-14(13)21-16/h11-12H,3-10H2,1-2H3,(H,17,18,20). The van der Waals surface area contributed by atoms with Crippen molar-refractivity contribution in [2.45, 2.75) is 46.0 Å². The lowest BCUT2D eigenvalue weighted by Crippen LogP contribution is -2.38. The molecule has 1 atom stereocenters. The SMILES string of the molecule is CC1CCN(CC(=O)Nc2nc3c(s2)CC(C)CC3)CC1. The molecule has 1 aliphatic heterocycles. The molecule has 1 aromatic heterocycles. The Bertz CT molecular complexity index is 506. The summed E-state index contributed by atoms with van der Waals surface area (Å²) < 4.78 is 0. The average molecular weight is 307 g/mol. The smallest absolute Gasteiger partial charge is 0.240 e. The van der Waals surface area contributed by atoms with Crippen molar-refractivity contribution in [2.75, 3.05) is 25.0 Å². The maximum absolute atomic E-state index is 12.2. The largest absolute Gasteiger partial charge is 0.301 e.